The zero-order valence-electron chi connectivity index (χ0n) is 6.97. The zero-order chi connectivity index (χ0) is 10.7. The maximum Gasteiger partial charge on any atom is 0.280 e. The molecule has 0 aliphatic heterocycles. The second-order valence-electron chi connectivity index (χ2n) is 2.47. The molecule has 1 rings (SSSR count). The smallest absolute Gasteiger partial charge is 0.280 e. The van der Waals surface area contributed by atoms with Crippen molar-refractivity contribution in [1.29, 1.82) is 5.26 Å². The molecule has 3 nitrogen and oxygen atoms in total. The number of nitrogens with zero attached hydrogens (tertiary/aromatic N) is 2. The zero-order valence-corrected chi connectivity index (χ0v) is 7.72. The van der Waals surface area contributed by atoms with Crippen LogP contribution < -0.4 is 5.73 Å². The summed E-state index contributed by atoms with van der Waals surface area (Å²) in [5.41, 5.74) is 4.86. The van der Waals surface area contributed by atoms with Crippen LogP contribution in [0, 0.1) is 11.3 Å². The van der Waals surface area contributed by atoms with Gasteiger partial charge in [-0.2, -0.15) is 5.26 Å². The Bertz CT molecular complexity index is 387. The number of hydrogen-bond donors (Lipinski definition) is 1. The molecule has 1 heterocycles. The van der Waals surface area contributed by atoms with Gasteiger partial charge in [0.15, 0.2) is 0 Å². The van der Waals surface area contributed by atoms with Gasteiger partial charge < -0.3 is 5.73 Å². The van der Waals surface area contributed by atoms with Gasteiger partial charge in [0.2, 0.25) is 0 Å². The highest BCUT2D eigenvalue weighted by atomic mass is 35.5. The summed E-state index contributed by atoms with van der Waals surface area (Å²) in [6.45, 7) is -0.166. The highest BCUT2D eigenvalue weighted by Gasteiger charge is 2.18. The van der Waals surface area contributed by atoms with Crippen LogP contribution in [0.15, 0.2) is 6.20 Å². The Balaban J connectivity index is 3.38. The first-order valence-corrected chi connectivity index (χ1v) is 4.05. The van der Waals surface area contributed by atoms with Gasteiger partial charge in [0.25, 0.3) is 6.43 Å². The van der Waals surface area contributed by atoms with E-state index in [0.29, 0.717) is 0 Å². The van der Waals surface area contributed by atoms with Crippen LogP contribution in [0.4, 0.5) is 8.78 Å². The Labute approximate surface area is 84.1 Å². The van der Waals surface area contributed by atoms with Crippen molar-refractivity contribution in [3.63, 3.8) is 0 Å². The van der Waals surface area contributed by atoms with Gasteiger partial charge in [-0.15, -0.1) is 0 Å². The summed E-state index contributed by atoms with van der Waals surface area (Å²) < 4.78 is 24.7. The minimum absolute atomic E-state index is 0.0284. The van der Waals surface area contributed by atoms with Gasteiger partial charge in [-0.3, -0.25) is 4.98 Å². The fourth-order valence-corrected chi connectivity index (χ4v) is 1.27. The van der Waals surface area contributed by atoms with Crippen LogP contribution in [0.1, 0.15) is 23.2 Å². The lowest BCUT2D eigenvalue weighted by Crippen LogP contribution is -2.06. The van der Waals surface area contributed by atoms with Gasteiger partial charge in [0.1, 0.15) is 11.8 Å². The number of alkyl halides is 2. The average molecular weight is 218 g/mol. The monoisotopic (exact) mass is 217 g/mol. The molecule has 0 saturated carbocycles. The van der Waals surface area contributed by atoms with E-state index in [1.807, 2.05) is 0 Å². The summed E-state index contributed by atoms with van der Waals surface area (Å²) in [6.07, 6.45) is -1.72. The lowest BCUT2D eigenvalue weighted by molar-refractivity contribution is 0.145. The molecule has 0 unspecified atom stereocenters. The topological polar surface area (TPSA) is 62.7 Å². The second-order valence-corrected chi connectivity index (χ2v) is 2.84. The molecular formula is C8H6ClF2N3. The molecule has 0 saturated heterocycles. The first kappa shape index (κ1) is 10.8. The van der Waals surface area contributed by atoms with E-state index in [9.17, 15) is 8.78 Å². The quantitative estimate of drug-likeness (QED) is 0.824. The average Bonchev–Trinajstić information content (AvgIpc) is 2.17. The molecule has 0 fully saturated rings. The molecular weight excluding hydrogens is 212 g/mol. The first-order chi connectivity index (χ1) is 6.61. The van der Waals surface area contributed by atoms with Crippen LogP contribution in [0.3, 0.4) is 0 Å². The standard InChI is InChI=1S/C8H6ClF2N3/c9-6-4(1-12)3-14-7(8(10)11)5(6)2-13/h3,8H,2,13H2. The van der Waals surface area contributed by atoms with E-state index >= 15 is 0 Å². The number of pyridine rings is 1. The Morgan fingerprint density at radius 3 is 2.71 bits per heavy atom. The van der Waals surface area contributed by atoms with Crippen LogP contribution in [-0.4, -0.2) is 4.98 Å². The van der Waals surface area contributed by atoms with E-state index in [1.54, 1.807) is 6.07 Å². The molecule has 2 N–H and O–H groups in total. The normalized spacial score (nSPS) is 10.3. The van der Waals surface area contributed by atoms with Crippen molar-refractivity contribution >= 4 is 11.6 Å². The van der Waals surface area contributed by atoms with Crippen molar-refractivity contribution in [3.05, 3.63) is 28.0 Å². The highest BCUT2D eigenvalue weighted by molar-refractivity contribution is 6.32. The van der Waals surface area contributed by atoms with E-state index < -0.39 is 12.1 Å². The second kappa shape index (κ2) is 4.31. The minimum atomic E-state index is -2.74. The molecule has 0 amide bonds. The van der Waals surface area contributed by atoms with E-state index in [0.717, 1.165) is 6.20 Å². The van der Waals surface area contributed by atoms with Crippen molar-refractivity contribution in [2.45, 2.75) is 13.0 Å². The molecule has 0 bridgehead atoms. The van der Waals surface area contributed by atoms with Crippen LogP contribution in [0.25, 0.3) is 0 Å². The largest absolute Gasteiger partial charge is 0.326 e. The summed E-state index contributed by atoms with van der Waals surface area (Å²) in [6, 6.07) is 1.74. The molecule has 1 aromatic rings. The van der Waals surface area contributed by atoms with Crippen molar-refractivity contribution in [1.82, 2.24) is 4.98 Å². The van der Waals surface area contributed by atoms with Gasteiger partial charge in [0.05, 0.1) is 10.6 Å². The number of nitriles is 1. The molecule has 0 atom stereocenters. The maximum atomic E-state index is 12.4. The number of rotatable bonds is 2. The summed E-state index contributed by atoms with van der Waals surface area (Å²) in [5.74, 6) is 0. The molecule has 0 aliphatic rings. The number of hydrogen-bond acceptors (Lipinski definition) is 3. The first-order valence-electron chi connectivity index (χ1n) is 3.67. The Morgan fingerprint density at radius 2 is 2.29 bits per heavy atom. The fourth-order valence-electron chi connectivity index (χ4n) is 1.00. The van der Waals surface area contributed by atoms with Gasteiger partial charge in [-0.05, 0) is 0 Å². The third kappa shape index (κ3) is 1.81. The number of nitrogens with two attached hydrogens (primary N) is 1. The molecule has 6 heteroatoms. The summed E-state index contributed by atoms with van der Waals surface area (Å²) in [4.78, 5) is 3.44. The van der Waals surface area contributed by atoms with Crippen molar-refractivity contribution in [2.75, 3.05) is 0 Å². The summed E-state index contributed by atoms with van der Waals surface area (Å²) >= 11 is 5.68. The lowest BCUT2D eigenvalue weighted by atomic mass is 10.1. The van der Waals surface area contributed by atoms with E-state index in [4.69, 9.17) is 22.6 Å². The third-order valence-corrected chi connectivity index (χ3v) is 2.11. The van der Waals surface area contributed by atoms with Gasteiger partial charge >= 0.3 is 0 Å². The third-order valence-electron chi connectivity index (χ3n) is 1.67. The molecule has 1 aromatic heterocycles. The van der Waals surface area contributed by atoms with Gasteiger partial charge in [-0.25, -0.2) is 8.78 Å². The van der Waals surface area contributed by atoms with E-state index in [2.05, 4.69) is 4.98 Å². The minimum Gasteiger partial charge on any atom is -0.326 e. The van der Waals surface area contributed by atoms with Crippen molar-refractivity contribution in [3.8, 4) is 6.07 Å². The SMILES string of the molecule is N#Cc1cnc(C(F)F)c(CN)c1Cl. The van der Waals surface area contributed by atoms with Crippen LogP contribution in [-0.2, 0) is 6.54 Å². The predicted molar refractivity (Wildman–Crippen MR) is 46.8 cm³/mol. The lowest BCUT2D eigenvalue weighted by Gasteiger charge is -2.08. The van der Waals surface area contributed by atoms with E-state index in [1.165, 1.54) is 0 Å². The summed E-state index contributed by atoms with van der Waals surface area (Å²) in [7, 11) is 0. The van der Waals surface area contributed by atoms with Crippen molar-refractivity contribution in [2.24, 2.45) is 5.73 Å². The number of halogens is 3. The molecule has 0 spiro atoms. The molecule has 74 valence electrons. The Morgan fingerprint density at radius 1 is 1.64 bits per heavy atom. The highest BCUT2D eigenvalue weighted by Crippen LogP contribution is 2.28. The summed E-state index contributed by atoms with van der Waals surface area (Å²) in [5, 5.41) is 8.52. The van der Waals surface area contributed by atoms with Crippen molar-refractivity contribution < 1.29 is 8.78 Å². The molecule has 0 radical (unpaired) electrons. The van der Waals surface area contributed by atoms with Gasteiger partial charge in [-0.1, -0.05) is 11.6 Å². The predicted octanol–water partition coefficient (Wildman–Crippen LogP) is 2.00. The van der Waals surface area contributed by atoms with E-state index in [-0.39, 0.29) is 22.7 Å². The number of aromatic nitrogens is 1. The van der Waals surface area contributed by atoms with Crippen LogP contribution in [0.5, 0.6) is 0 Å². The Kier molecular flexibility index (Phi) is 3.33. The van der Waals surface area contributed by atoms with Crippen LogP contribution >= 0.6 is 11.6 Å². The molecule has 0 aliphatic carbocycles. The maximum absolute atomic E-state index is 12.4. The fraction of sp³-hybridized carbons (Fsp3) is 0.250. The van der Waals surface area contributed by atoms with Crippen LogP contribution in [0.2, 0.25) is 5.02 Å². The molecule has 0 aromatic carbocycles. The molecule has 14 heavy (non-hydrogen) atoms. The Hall–Kier alpha value is -1.25. The van der Waals surface area contributed by atoms with Gasteiger partial charge in [0, 0.05) is 18.3 Å².